The van der Waals surface area contributed by atoms with E-state index in [0.29, 0.717) is 31.5 Å². The van der Waals surface area contributed by atoms with E-state index in [0.717, 1.165) is 0 Å². The van der Waals surface area contributed by atoms with Crippen molar-refractivity contribution in [3.63, 3.8) is 0 Å². The van der Waals surface area contributed by atoms with Crippen LogP contribution in [0.1, 0.15) is 34.1 Å². The molecular formula is C10H20ClN2OP. The summed E-state index contributed by atoms with van der Waals surface area (Å²) in [4.78, 5) is 0. The van der Waals surface area contributed by atoms with E-state index in [1.165, 1.54) is 0 Å². The van der Waals surface area contributed by atoms with E-state index in [1.54, 1.807) is 0 Å². The number of hydrogen-bond donors (Lipinski definition) is 0. The van der Waals surface area contributed by atoms with Gasteiger partial charge >= 0.3 is 0 Å². The zero-order chi connectivity index (χ0) is 11.8. The second-order valence-electron chi connectivity index (χ2n) is 3.85. The monoisotopic (exact) mass is 250 g/mol. The standard InChI is InChI=1S/C10H20ClN2OP/c1-9(2)13(10(3)4)15(11)8-14-7-5-6-12/h9-10H,5,7-8H2,1-4H3. The van der Waals surface area contributed by atoms with Crippen LogP contribution < -0.4 is 0 Å². The highest BCUT2D eigenvalue weighted by molar-refractivity contribution is 7.81. The molecule has 0 aromatic heterocycles. The summed E-state index contributed by atoms with van der Waals surface area (Å²) in [6, 6.07) is 2.89. The van der Waals surface area contributed by atoms with Crippen molar-refractivity contribution in [2.24, 2.45) is 0 Å². The summed E-state index contributed by atoms with van der Waals surface area (Å²) in [5.74, 6) is 0. The van der Waals surface area contributed by atoms with Crippen LogP contribution in [0.25, 0.3) is 0 Å². The first-order valence-electron chi connectivity index (χ1n) is 5.17. The van der Waals surface area contributed by atoms with Crippen LogP contribution in [0.2, 0.25) is 0 Å². The Morgan fingerprint density at radius 2 is 1.87 bits per heavy atom. The summed E-state index contributed by atoms with van der Waals surface area (Å²) in [7, 11) is -0.766. The van der Waals surface area contributed by atoms with Gasteiger partial charge in [0.25, 0.3) is 0 Å². The number of hydrogen-bond acceptors (Lipinski definition) is 3. The quantitative estimate of drug-likeness (QED) is 0.512. The van der Waals surface area contributed by atoms with Crippen molar-refractivity contribution in [3.8, 4) is 6.07 Å². The predicted octanol–water partition coefficient (Wildman–Crippen LogP) is 3.54. The lowest BCUT2D eigenvalue weighted by Crippen LogP contribution is -2.32. The highest BCUT2D eigenvalue weighted by Gasteiger charge is 2.22. The zero-order valence-corrected chi connectivity index (χ0v) is 11.6. The molecule has 15 heavy (non-hydrogen) atoms. The molecule has 0 aliphatic carbocycles. The third kappa shape index (κ3) is 6.33. The van der Waals surface area contributed by atoms with Crippen molar-refractivity contribution in [2.45, 2.75) is 46.2 Å². The Labute approximate surface area is 98.9 Å². The van der Waals surface area contributed by atoms with Gasteiger partial charge in [0.05, 0.1) is 32.9 Å². The molecule has 0 rings (SSSR count). The van der Waals surface area contributed by atoms with Crippen LogP contribution >= 0.6 is 18.7 Å². The lowest BCUT2D eigenvalue weighted by molar-refractivity contribution is 0.180. The molecule has 0 aliphatic heterocycles. The molecule has 0 amide bonds. The van der Waals surface area contributed by atoms with Crippen LogP contribution in [0.5, 0.6) is 0 Å². The molecule has 1 unspecified atom stereocenters. The van der Waals surface area contributed by atoms with Gasteiger partial charge in [0.1, 0.15) is 0 Å². The maximum Gasteiger partial charge on any atom is 0.0939 e. The Balaban J connectivity index is 3.94. The molecule has 0 heterocycles. The molecule has 0 aromatic carbocycles. The Bertz CT molecular complexity index is 198. The van der Waals surface area contributed by atoms with Gasteiger partial charge < -0.3 is 4.74 Å². The fraction of sp³-hybridized carbons (Fsp3) is 0.900. The molecule has 0 fully saturated rings. The van der Waals surface area contributed by atoms with E-state index in [-0.39, 0.29) is 0 Å². The summed E-state index contributed by atoms with van der Waals surface area (Å²) in [5, 5.41) is 8.35. The Morgan fingerprint density at radius 1 is 1.33 bits per heavy atom. The Morgan fingerprint density at radius 3 is 2.27 bits per heavy atom. The van der Waals surface area contributed by atoms with E-state index in [4.69, 9.17) is 21.2 Å². The van der Waals surface area contributed by atoms with Gasteiger partial charge in [0, 0.05) is 12.1 Å². The van der Waals surface area contributed by atoms with Gasteiger partial charge in [-0.05, 0) is 27.7 Å². The largest absolute Gasteiger partial charge is 0.373 e. The lowest BCUT2D eigenvalue weighted by atomic mass is 10.3. The maximum atomic E-state index is 8.35. The topological polar surface area (TPSA) is 36.3 Å². The summed E-state index contributed by atoms with van der Waals surface area (Å²) in [6.07, 6.45) is 0.971. The third-order valence-electron chi connectivity index (χ3n) is 1.86. The summed E-state index contributed by atoms with van der Waals surface area (Å²) in [6.45, 7) is 9.01. The zero-order valence-electron chi connectivity index (χ0n) is 9.90. The number of rotatable bonds is 7. The van der Waals surface area contributed by atoms with Crippen molar-refractivity contribution in [1.29, 1.82) is 5.26 Å². The number of nitriles is 1. The molecular weight excluding hydrogens is 231 g/mol. The van der Waals surface area contributed by atoms with Gasteiger partial charge in [-0.15, -0.1) is 0 Å². The average molecular weight is 251 g/mol. The fourth-order valence-corrected chi connectivity index (χ4v) is 4.09. The Kier molecular flexibility index (Phi) is 8.37. The molecule has 88 valence electrons. The van der Waals surface area contributed by atoms with Crippen molar-refractivity contribution in [2.75, 3.05) is 13.0 Å². The fourth-order valence-electron chi connectivity index (χ4n) is 1.42. The van der Waals surface area contributed by atoms with E-state index in [1.807, 2.05) is 6.07 Å². The molecule has 0 spiro atoms. The minimum absolute atomic E-state index is 0.424. The summed E-state index contributed by atoms with van der Waals surface area (Å²) < 4.78 is 7.60. The minimum Gasteiger partial charge on any atom is -0.373 e. The average Bonchev–Trinajstić information content (AvgIpc) is 2.11. The van der Waals surface area contributed by atoms with Crippen molar-refractivity contribution >= 4 is 18.7 Å². The summed E-state index contributed by atoms with van der Waals surface area (Å²) in [5.41, 5.74) is 0. The van der Waals surface area contributed by atoms with Gasteiger partial charge in [-0.1, -0.05) is 11.2 Å². The van der Waals surface area contributed by atoms with Crippen LogP contribution in [0, 0.1) is 11.3 Å². The second-order valence-corrected chi connectivity index (χ2v) is 6.41. The molecule has 1 atom stereocenters. The smallest absolute Gasteiger partial charge is 0.0939 e. The van der Waals surface area contributed by atoms with Crippen LogP contribution in [-0.2, 0) is 4.74 Å². The molecule has 0 aliphatic rings. The van der Waals surface area contributed by atoms with Crippen molar-refractivity contribution in [1.82, 2.24) is 4.67 Å². The lowest BCUT2D eigenvalue weighted by Gasteiger charge is -2.33. The van der Waals surface area contributed by atoms with Crippen LogP contribution in [0.15, 0.2) is 0 Å². The van der Waals surface area contributed by atoms with Crippen LogP contribution in [0.3, 0.4) is 0 Å². The number of ether oxygens (including phenoxy) is 1. The van der Waals surface area contributed by atoms with E-state index < -0.39 is 7.43 Å². The van der Waals surface area contributed by atoms with Crippen molar-refractivity contribution in [3.05, 3.63) is 0 Å². The van der Waals surface area contributed by atoms with Gasteiger partial charge in [0.15, 0.2) is 0 Å². The van der Waals surface area contributed by atoms with Crippen LogP contribution in [-0.4, -0.2) is 29.7 Å². The molecule has 0 radical (unpaired) electrons. The van der Waals surface area contributed by atoms with Gasteiger partial charge in [0.2, 0.25) is 0 Å². The second kappa shape index (κ2) is 8.30. The molecule has 5 heteroatoms. The highest BCUT2D eigenvalue weighted by atomic mass is 35.7. The first-order valence-corrected chi connectivity index (χ1v) is 7.55. The predicted molar refractivity (Wildman–Crippen MR) is 65.9 cm³/mol. The molecule has 0 aromatic rings. The molecule has 0 saturated heterocycles. The third-order valence-corrected chi connectivity index (χ3v) is 4.50. The van der Waals surface area contributed by atoms with Crippen LogP contribution in [0.4, 0.5) is 0 Å². The molecule has 0 N–H and O–H groups in total. The first kappa shape index (κ1) is 15.1. The molecule has 3 nitrogen and oxygen atoms in total. The minimum atomic E-state index is -0.766. The highest BCUT2D eigenvalue weighted by Crippen LogP contribution is 2.48. The first-order chi connectivity index (χ1) is 7.00. The number of halogens is 1. The number of nitrogens with zero attached hydrogens (tertiary/aromatic N) is 2. The Hall–Kier alpha value is 0.130. The van der Waals surface area contributed by atoms with E-state index in [2.05, 4.69) is 32.4 Å². The van der Waals surface area contributed by atoms with E-state index in [9.17, 15) is 0 Å². The van der Waals surface area contributed by atoms with E-state index >= 15 is 0 Å². The van der Waals surface area contributed by atoms with Crippen molar-refractivity contribution < 1.29 is 4.74 Å². The van der Waals surface area contributed by atoms with Gasteiger partial charge in [-0.3, -0.25) is 4.67 Å². The summed E-state index contributed by atoms with van der Waals surface area (Å²) >= 11 is 6.30. The SMILES string of the molecule is CC(C)N(C(C)C)P(Cl)COCCC#N. The molecule has 0 saturated carbocycles. The molecule has 0 bridgehead atoms. The van der Waals surface area contributed by atoms with Gasteiger partial charge in [-0.2, -0.15) is 5.26 Å². The van der Waals surface area contributed by atoms with Gasteiger partial charge in [-0.25, -0.2) is 0 Å². The normalized spacial score (nSPS) is 13.5. The maximum absolute atomic E-state index is 8.35.